The van der Waals surface area contributed by atoms with Crippen LogP contribution < -0.4 is 4.90 Å². The molecular formula is C21H22N2O. The number of nitriles is 1. The molecule has 0 radical (unpaired) electrons. The molecule has 3 rings (SSSR count). The van der Waals surface area contributed by atoms with Crippen molar-refractivity contribution in [3.05, 3.63) is 65.2 Å². The number of Topliss-reactive ketones (excluding diaryl/α,β-unsaturated/α-hetero) is 1. The summed E-state index contributed by atoms with van der Waals surface area (Å²) in [4.78, 5) is 14.2. The first-order valence-corrected chi connectivity index (χ1v) is 8.54. The highest BCUT2D eigenvalue weighted by atomic mass is 16.1. The molecule has 122 valence electrons. The normalized spacial score (nSPS) is 17.8. The Kier molecular flexibility index (Phi) is 4.96. The first-order chi connectivity index (χ1) is 11.7. The molecule has 0 aliphatic carbocycles. The molecule has 0 N–H and O–H groups in total. The second kappa shape index (κ2) is 7.31. The molecule has 2 aromatic carbocycles. The largest absolute Gasteiger partial charge is 0.371 e. The number of benzene rings is 2. The maximum atomic E-state index is 12.0. The van der Waals surface area contributed by atoms with Crippen molar-refractivity contribution in [1.82, 2.24) is 0 Å². The third-order valence-electron chi connectivity index (χ3n) is 4.85. The van der Waals surface area contributed by atoms with Crippen molar-refractivity contribution >= 4 is 11.5 Å². The van der Waals surface area contributed by atoms with Gasteiger partial charge in [0.1, 0.15) is 0 Å². The second-order valence-corrected chi connectivity index (χ2v) is 6.43. The van der Waals surface area contributed by atoms with E-state index in [9.17, 15) is 10.1 Å². The molecule has 0 saturated carbocycles. The van der Waals surface area contributed by atoms with Gasteiger partial charge in [0.05, 0.1) is 11.6 Å². The summed E-state index contributed by atoms with van der Waals surface area (Å²) in [5, 5.41) is 9.18. The van der Waals surface area contributed by atoms with E-state index in [1.807, 2.05) is 6.07 Å². The second-order valence-electron chi connectivity index (χ2n) is 6.43. The highest BCUT2D eigenvalue weighted by Gasteiger charge is 2.21. The highest BCUT2D eigenvalue weighted by Crippen LogP contribution is 2.31. The molecule has 1 saturated heterocycles. The zero-order valence-corrected chi connectivity index (χ0v) is 14.0. The van der Waals surface area contributed by atoms with Crippen molar-refractivity contribution in [3.63, 3.8) is 0 Å². The summed E-state index contributed by atoms with van der Waals surface area (Å²) < 4.78 is 0. The lowest BCUT2D eigenvalue weighted by molar-refractivity contribution is 0.101. The van der Waals surface area contributed by atoms with Crippen molar-refractivity contribution in [3.8, 4) is 6.07 Å². The molecule has 1 aliphatic rings. The van der Waals surface area contributed by atoms with Gasteiger partial charge in [-0.15, -0.1) is 0 Å². The predicted molar refractivity (Wildman–Crippen MR) is 96.4 cm³/mol. The minimum Gasteiger partial charge on any atom is -0.371 e. The Hall–Kier alpha value is -2.60. The number of anilines is 1. The quantitative estimate of drug-likeness (QED) is 0.781. The van der Waals surface area contributed by atoms with E-state index in [4.69, 9.17) is 0 Å². The van der Waals surface area contributed by atoms with Crippen LogP contribution in [0.3, 0.4) is 0 Å². The van der Waals surface area contributed by atoms with E-state index >= 15 is 0 Å². The first kappa shape index (κ1) is 16.3. The van der Waals surface area contributed by atoms with Crippen LogP contribution in [0.4, 0.5) is 5.69 Å². The fourth-order valence-corrected chi connectivity index (χ4v) is 3.56. The lowest BCUT2D eigenvalue weighted by Gasteiger charge is -2.25. The number of hydrogen-bond acceptors (Lipinski definition) is 3. The molecule has 0 amide bonds. The van der Waals surface area contributed by atoms with E-state index < -0.39 is 0 Å². The predicted octanol–water partition coefficient (Wildman–Crippen LogP) is 4.53. The Morgan fingerprint density at radius 1 is 1.12 bits per heavy atom. The maximum Gasteiger partial charge on any atom is 0.161 e. The molecule has 0 bridgehead atoms. The molecule has 2 aromatic rings. The molecule has 1 unspecified atom stereocenters. The van der Waals surface area contributed by atoms with E-state index in [0.29, 0.717) is 17.0 Å². The number of ketones is 1. The van der Waals surface area contributed by atoms with Gasteiger partial charge in [-0.05, 0) is 55.9 Å². The molecule has 3 nitrogen and oxygen atoms in total. The van der Waals surface area contributed by atoms with Crippen molar-refractivity contribution < 1.29 is 4.79 Å². The van der Waals surface area contributed by atoms with Crippen LogP contribution in [0, 0.1) is 11.3 Å². The molecule has 1 aliphatic heterocycles. The highest BCUT2D eigenvalue weighted by molar-refractivity contribution is 6.00. The van der Waals surface area contributed by atoms with Crippen molar-refractivity contribution in [2.45, 2.75) is 32.1 Å². The average Bonchev–Trinajstić information content (AvgIpc) is 2.88. The first-order valence-electron chi connectivity index (χ1n) is 8.54. The Morgan fingerprint density at radius 2 is 1.92 bits per heavy atom. The van der Waals surface area contributed by atoms with Crippen molar-refractivity contribution in [1.29, 1.82) is 5.26 Å². The zero-order chi connectivity index (χ0) is 16.9. The molecule has 0 spiro atoms. The summed E-state index contributed by atoms with van der Waals surface area (Å²) in [6, 6.07) is 18.2. The van der Waals surface area contributed by atoms with Gasteiger partial charge in [-0.2, -0.15) is 5.26 Å². The minimum absolute atomic E-state index is 0.0540. The Morgan fingerprint density at radius 3 is 2.62 bits per heavy atom. The van der Waals surface area contributed by atoms with Crippen LogP contribution in [0.2, 0.25) is 0 Å². The van der Waals surface area contributed by atoms with Crippen molar-refractivity contribution in [2.24, 2.45) is 0 Å². The van der Waals surface area contributed by atoms with E-state index in [-0.39, 0.29) is 5.78 Å². The maximum absolute atomic E-state index is 12.0. The summed E-state index contributed by atoms with van der Waals surface area (Å²) >= 11 is 0. The topological polar surface area (TPSA) is 44.1 Å². The summed E-state index contributed by atoms with van der Waals surface area (Å²) in [7, 11) is 0. The minimum atomic E-state index is 0.0540. The molecule has 3 heteroatoms. The zero-order valence-electron chi connectivity index (χ0n) is 14.0. The van der Waals surface area contributed by atoms with Gasteiger partial charge in [0.15, 0.2) is 5.78 Å². The van der Waals surface area contributed by atoms with Crippen LogP contribution in [-0.2, 0) is 0 Å². The molecule has 1 heterocycles. The smallest absolute Gasteiger partial charge is 0.161 e. The van der Waals surface area contributed by atoms with Crippen LogP contribution >= 0.6 is 0 Å². The molecule has 24 heavy (non-hydrogen) atoms. The molecular weight excluding hydrogens is 296 g/mol. The lowest BCUT2D eigenvalue weighted by atomic mass is 9.92. The van der Waals surface area contributed by atoms with E-state index in [1.165, 1.54) is 5.56 Å². The number of carbonyl (C=O) groups excluding carboxylic acids is 1. The van der Waals surface area contributed by atoms with Gasteiger partial charge in [-0.3, -0.25) is 4.79 Å². The van der Waals surface area contributed by atoms with E-state index in [2.05, 4.69) is 41.3 Å². The van der Waals surface area contributed by atoms with Gasteiger partial charge in [-0.1, -0.05) is 30.3 Å². The lowest BCUT2D eigenvalue weighted by Crippen LogP contribution is -2.26. The summed E-state index contributed by atoms with van der Waals surface area (Å²) in [5.41, 5.74) is 3.64. The fraction of sp³-hybridized carbons (Fsp3) is 0.333. The Bertz CT molecular complexity index is 761. The van der Waals surface area contributed by atoms with Gasteiger partial charge >= 0.3 is 0 Å². The summed E-state index contributed by atoms with van der Waals surface area (Å²) in [6.45, 7) is 3.43. The SMILES string of the molecule is CC(=O)c1ccc(C#N)cc1N1CCCC(c2ccccc2)CC1. The third-order valence-corrected chi connectivity index (χ3v) is 4.85. The summed E-state index contributed by atoms with van der Waals surface area (Å²) in [6.07, 6.45) is 3.32. The third kappa shape index (κ3) is 3.49. The number of nitrogens with zero attached hydrogens (tertiary/aromatic N) is 2. The van der Waals surface area contributed by atoms with Crippen molar-refractivity contribution in [2.75, 3.05) is 18.0 Å². The Labute approximate surface area is 143 Å². The van der Waals surface area contributed by atoms with Crippen LogP contribution in [0.5, 0.6) is 0 Å². The fourth-order valence-electron chi connectivity index (χ4n) is 3.56. The van der Waals surface area contributed by atoms with Gasteiger partial charge in [0.25, 0.3) is 0 Å². The Balaban J connectivity index is 1.84. The molecule has 0 aromatic heterocycles. The van der Waals surface area contributed by atoms with Gasteiger partial charge in [0.2, 0.25) is 0 Å². The molecule has 1 fully saturated rings. The van der Waals surface area contributed by atoms with Crippen LogP contribution in [0.25, 0.3) is 0 Å². The van der Waals surface area contributed by atoms with E-state index in [1.54, 1.807) is 19.1 Å². The van der Waals surface area contributed by atoms with Crippen LogP contribution in [0.15, 0.2) is 48.5 Å². The van der Waals surface area contributed by atoms with Gasteiger partial charge < -0.3 is 4.90 Å². The molecule has 1 atom stereocenters. The van der Waals surface area contributed by atoms with Gasteiger partial charge in [0, 0.05) is 24.3 Å². The number of rotatable bonds is 3. The summed E-state index contributed by atoms with van der Waals surface area (Å²) in [5.74, 6) is 0.620. The van der Waals surface area contributed by atoms with E-state index in [0.717, 1.165) is 38.0 Å². The monoisotopic (exact) mass is 318 g/mol. The van der Waals surface area contributed by atoms with Crippen LogP contribution in [0.1, 0.15) is 53.6 Å². The van der Waals surface area contributed by atoms with Gasteiger partial charge in [-0.25, -0.2) is 0 Å². The number of carbonyl (C=O) groups is 1. The number of hydrogen-bond donors (Lipinski definition) is 0. The van der Waals surface area contributed by atoms with Crippen LogP contribution in [-0.4, -0.2) is 18.9 Å². The standard InChI is InChI=1S/C21H22N2O/c1-16(24)20-10-9-17(15-22)14-21(20)23-12-5-8-19(11-13-23)18-6-3-2-4-7-18/h2-4,6-7,9-10,14,19H,5,8,11-13H2,1H3. The average molecular weight is 318 g/mol.